The molecule has 0 bridgehead atoms. The van der Waals surface area contributed by atoms with E-state index in [9.17, 15) is 8.42 Å². The lowest BCUT2D eigenvalue weighted by molar-refractivity contribution is 0.362. The van der Waals surface area contributed by atoms with Crippen molar-refractivity contribution >= 4 is 33.2 Å². The number of hydrogen-bond donors (Lipinski definition) is 1. The van der Waals surface area contributed by atoms with Gasteiger partial charge in [0.2, 0.25) is 10.0 Å². The maximum absolute atomic E-state index is 12.9. The molecule has 1 saturated heterocycles. The summed E-state index contributed by atoms with van der Waals surface area (Å²) in [5.41, 5.74) is 0. The lowest BCUT2D eigenvalue weighted by atomic mass is 9.98. The van der Waals surface area contributed by atoms with Gasteiger partial charge in [-0.1, -0.05) is 12.2 Å². The number of rotatable bonds is 3. The molecule has 124 valence electrons. The number of allylic oxidation sites excluding steroid dienone is 4. The van der Waals surface area contributed by atoms with E-state index in [-0.39, 0.29) is 10.7 Å². The van der Waals surface area contributed by atoms with Crippen LogP contribution in [-0.4, -0.2) is 54.2 Å². The molecule has 1 N–H and O–H groups in total. The van der Waals surface area contributed by atoms with Crippen molar-refractivity contribution in [3.05, 3.63) is 47.4 Å². The number of hydrogen-bond acceptors (Lipinski definition) is 5. The molecule has 0 radical (unpaired) electrons. The molecule has 6 nitrogen and oxygen atoms in total. The molecule has 0 amide bonds. The molecule has 2 heterocycles. The second-order valence-corrected chi connectivity index (χ2v) is 8.29. The van der Waals surface area contributed by atoms with Gasteiger partial charge >= 0.3 is 0 Å². The molecule has 23 heavy (non-hydrogen) atoms. The van der Waals surface area contributed by atoms with Gasteiger partial charge in [-0.15, -0.1) is 23.2 Å². The number of nitrogens with one attached hydrogen (secondary N) is 1. The molecule has 1 aliphatic carbocycles. The number of piperazine rings is 1. The zero-order chi connectivity index (χ0) is 16.5. The van der Waals surface area contributed by atoms with E-state index in [1.165, 1.54) is 10.4 Å². The maximum atomic E-state index is 12.9. The fraction of sp³-hybridized carbons (Fsp3) is 0.429. The van der Waals surface area contributed by atoms with Crippen LogP contribution >= 0.6 is 23.2 Å². The van der Waals surface area contributed by atoms with Gasteiger partial charge in [0.05, 0.1) is 4.91 Å². The summed E-state index contributed by atoms with van der Waals surface area (Å²) in [6, 6.07) is 1.66. The fourth-order valence-electron chi connectivity index (χ4n) is 2.59. The van der Waals surface area contributed by atoms with Crippen LogP contribution in [0.25, 0.3) is 0 Å². The first-order chi connectivity index (χ1) is 11.0. The third-order valence-electron chi connectivity index (χ3n) is 3.84. The molecule has 1 aromatic rings. The lowest BCUT2D eigenvalue weighted by Gasteiger charge is -2.34. The van der Waals surface area contributed by atoms with E-state index in [2.05, 4.69) is 15.3 Å². The average Bonchev–Trinajstić information content (AvgIpc) is 2.59. The molecular formula is C14H16Cl2N4O2S. The summed E-state index contributed by atoms with van der Waals surface area (Å²) >= 11 is 13.1. The zero-order valence-corrected chi connectivity index (χ0v) is 14.5. The molecule has 1 aliphatic heterocycles. The van der Waals surface area contributed by atoms with Crippen LogP contribution in [0.1, 0.15) is 5.82 Å². The predicted octanol–water partition coefficient (Wildman–Crippen LogP) is 1.21. The van der Waals surface area contributed by atoms with Crippen LogP contribution in [0.4, 0.5) is 0 Å². The highest BCUT2D eigenvalue weighted by Crippen LogP contribution is 2.43. The minimum atomic E-state index is -3.68. The first kappa shape index (κ1) is 16.9. The van der Waals surface area contributed by atoms with Crippen LogP contribution in [0.3, 0.4) is 0 Å². The Bertz CT molecular complexity index is 732. The molecule has 9 heteroatoms. The van der Waals surface area contributed by atoms with E-state index in [0.29, 0.717) is 26.2 Å². The number of alkyl halides is 2. The van der Waals surface area contributed by atoms with Crippen LogP contribution in [0.15, 0.2) is 41.6 Å². The van der Waals surface area contributed by atoms with E-state index < -0.39 is 20.3 Å². The smallest absolute Gasteiger partial charge is 0.240 e. The van der Waals surface area contributed by atoms with Crippen LogP contribution in [0, 0.1) is 0 Å². The van der Waals surface area contributed by atoms with Crippen molar-refractivity contribution < 1.29 is 8.42 Å². The Balaban J connectivity index is 1.95. The fourth-order valence-corrected chi connectivity index (χ4v) is 5.19. The Hall–Kier alpha value is -0.990. The van der Waals surface area contributed by atoms with Crippen molar-refractivity contribution in [2.24, 2.45) is 0 Å². The third-order valence-corrected chi connectivity index (χ3v) is 7.19. The molecule has 2 aliphatic rings. The highest BCUT2D eigenvalue weighted by molar-refractivity contribution is 7.93. The monoisotopic (exact) mass is 374 g/mol. The van der Waals surface area contributed by atoms with Gasteiger partial charge in [0.25, 0.3) is 0 Å². The van der Waals surface area contributed by atoms with E-state index >= 15 is 0 Å². The van der Waals surface area contributed by atoms with Crippen molar-refractivity contribution in [1.29, 1.82) is 0 Å². The predicted molar refractivity (Wildman–Crippen MR) is 89.8 cm³/mol. The lowest BCUT2D eigenvalue weighted by Crippen LogP contribution is -2.48. The Morgan fingerprint density at radius 3 is 2.57 bits per heavy atom. The Morgan fingerprint density at radius 2 is 1.91 bits per heavy atom. The first-order valence-electron chi connectivity index (χ1n) is 7.17. The van der Waals surface area contributed by atoms with Crippen LogP contribution in [-0.2, 0) is 14.9 Å². The number of aromatic nitrogens is 2. The number of nitrogens with zero attached hydrogens (tertiary/aromatic N) is 3. The van der Waals surface area contributed by atoms with Crippen molar-refractivity contribution in [1.82, 2.24) is 19.6 Å². The Morgan fingerprint density at radius 1 is 1.26 bits per heavy atom. The average molecular weight is 375 g/mol. The SMILES string of the molecule is O=S(=O)(C1=CC=CC(Cl)(c2ncccn2)C1Cl)N1CCNCC1. The second-order valence-electron chi connectivity index (χ2n) is 5.29. The van der Waals surface area contributed by atoms with Gasteiger partial charge in [0.15, 0.2) is 5.82 Å². The highest BCUT2D eigenvalue weighted by atomic mass is 35.5. The van der Waals surface area contributed by atoms with Gasteiger partial charge in [0, 0.05) is 38.6 Å². The largest absolute Gasteiger partial charge is 0.314 e. The van der Waals surface area contributed by atoms with E-state index in [4.69, 9.17) is 23.2 Å². The van der Waals surface area contributed by atoms with Gasteiger partial charge in [-0.25, -0.2) is 18.4 Å². The topological polar surface area (TPSA) is 75.2 Å². The Kier molecular flexibility index (Phi) is 4.75. The van der Waals surface area contributed by atoms with Crippen LogP contribution < -0.4 is 5.32 Å². The van der Waals surface area contributed by atoms with E-state index in [0.717, 1.165) is 0 Å². The molecule has 0 spiro atoms. The molecule has 0 saturated carbocycles. The summed E-state index contributed by atoms with van der Waals surface area (Å²) in [7, 11) is -3.68. The van der Waals surface area contributed by atoms with Crippen LogP contribution in [0.2, 0.25) is 0 Å². The quantitative estimate of drug-likeness (QED) is 0.804. The van der Waals surface area contributed by atoms with Crippen molar-refractivity contribution in [3.8, 4) is 0 Å². The zero-order valence-electron chi connectivity index (χ0n) is 12.2. The third kappa shape index (κ3) is 3.04. The van der Waals surface area contributed by atoms with Gasteiger partial charge in [-0.2, -0.15) is 4.31 Å². The van der Waals surface area contributed by atoms with E-state index in [1.807, 2.05) is 0 Å². The molecule has 3 rings (SSSR count). The number of halogens is 2. The van der Waals surface area contributed by atoms with Crippen LogP contribution in [0.5, 0.6) is 0 Å². The molecule has 2 atom stereocenters. The summed E-state index contributed by atoms with van der Waals surface area (Å²) in [4.78, 5) is 7.04. The van der Waals surface area contributed by atoms with Crippen molar-refractivity contribution in [2.75, 3.05) is 26.2 Å². The van der Waals surface area contributed by atoms with Gasteiger partial charge in [-0.3, -0.25) is 0 Å². The van der Waals surface area contributed by atoms with Gasteiger partial charge < -0.3 is 5.32 Å². The summed E-state index contributed by atoms with van der Waals surface area (Å²) in [5, 5.41) is 2.14. The molecule has 1 fully saturated rings. The molecule has 2 unspecified atom stereocenters. The van der Waals surface area contributed by atoms with Crippen molar-refractivity contribution in [3.63, 3.8) is 0 Å². The van der Waals surface area contributed by atoms with Gasteiger partial charge in [0.1, 0.15) is 10.3 Å². The van der Waals surface area contributed by atoms with Crippen molar-refractivity contribution in [2.45, 2.75) is 10.3 Å². The Labute approximate surface area is 145 Å². The van der Waals surface area contributed by atoms with E-state index in [1.54, 1.807) is 30.6 Å². The summed E-state index contributed by atoms with van der Waals surface area (Å²) in [6.45, 7) is 2.04. The molecule has 0 aromatic carbocycles. The first-order valence-corrected chi connectivity index (χ1v) is 9.42. The second kappa shape index (κ2) is 6.49. The summed E-state index contributed by atoms with van der Waals surface area (Å²) < 4.78 is 27.2. The number of sulfonamides is 1. The van der Waals surface area contributed by atoms with Gasteiger partial charge in [-0.05, 0) is 12.1 Å². The maximum Gasteiger partial charge on any atom is 0.240 e. The normalized spacial score (nSPS) is 29.3. The summed E-state index contributed by atoms with van der Waals surface area (Å²) in [5.74, 6) is 0.277. The highest BCUT2D eigenvalue weighted by Gasteiger charge is 2.46. The molecular weight excluding hydrogens is 359 g/mol. The molecule has 1 aromatic heterocycles. The standard InChI is InChI=1S/C14H16Cl2N4O2S/c15-12-11(23(21,22)20-9-7-17-8-10-20)3-1-4-14(12,16)13-18-5-2-6-19-13/h1-6,12,17H,7-10H2. The minimum Gasteiger partial charge on any atom is -0.314 e. The summed E-state index contributed by atoms with van der Waals surface area (Å²) in [6.07, 6.45) is 7.81. The minimum absolute atomic E-state index is 0.0750.